The summed E-state index contributed by atoms with van der Waals surface area (Å²) in [5.41, 5.74) is 0.874. The summed E-state index contributed by atoms with van der Waals surface area (Å²) in [7, 11) is 0. The van der Waals surface area contributed by atoms with Crippen molar-refractivity contribution in [2.45, 2.75) is 46.1 Å². The highest BCUT2D eigenvalue weighted by molar-refractivity contribution is 5.87. The van der Waals surface area contributed by atoms with Crippen molar-refractivity contribution < 1.29 is 19.1 Å². The fourth-order valence-electron chi connectivity index (χ4n) is 2.42. The van der Waals surface area contributed by atoms with E-state index in [1.165, 1.54) is 0 Å². The Hall–Kier alpha value is -2.37. The fourth-order valence-corrected chi connectivity index (χ4v) is 2.42. The van der Waals surface area contributed by atoms with E-state index in [0.717, 1.165) is 12.0 Å². The van der Waals surface area contributed by atoms with Crippen LogP contribution in [0.25, 0.3) is 0 Å². The van der Waals surface area contributed by atoms with Crippen LogP contribution in [0.5, 0.6) is 0 Å². The minimum atomic E-state index is -0.497. The summed E-state index contributed by atoms with van der Waals surface area (Å²) in [6, 6.07) is 9.40. The quantitative estimate of drug-likeness (QED) is 0.669. The summed E-state index contributed by atoms with van der Waals surface area (Å²) in [4.78, 5) is 35.7. The van der Waals surface area contributed by atoms with Crippen LogP contribution >= 0.6 is 0 Å². The summed E-state index contributed by atoms with van der Waals surface area (Å²) in [5.74, 6) is -1.53. The Balaban J connectivity index is 2.55. The lowest BCUT2D eigenvalue weighted by Gasteiger charge is -2.21. The van der Waals surface area contributed by atoms with E-state index in [0.29, 0.717) is 0 Å². The van der Waals surface area contributed by atoms with E-state index in [2.05, 4.69) is 10.6 Å². The molecule has 1 aromatic carbocycles. The SMILES string of the molecule is CC[C@@H](C)[C@H](C(=O)OCC(=O)NCC(=O)NC(C)C)c1ccccc1. The Kier molecular flexibility index (Phi) is 8.67. The smallest absolute Gasteiger partial charge is 0.314 e. The highest BCUT2D eigenvalue weighted by Gasteiger charge is 2.27. The van der Waals surface area contributed by atoms with Crippen molar-refractivity contribution in [1.82, 2.24) is 10.6 Å². The van der Waals surface area contributed by atoms with Gasteiger partial charge >= 0.3 is 5.97 Å². The summed E-state index contributed by atoms with van der Waals surface area (Å²) in [6.45, 7) is 7.12. The first kappa shape index (κ1) is 20.7. The summed E-state index contributed by atoms with van der Waals surface area (Å²) in [6.07, 6.45) is 0.816. The second kappa shape index (κ2) is 10.5. The third-order valence-electron chi connectivity index (χ3n) is 3.87. The minimum Gasteiger partial charge on any atom is -0.455 e. The van der Waals surface area contributed by atoms with Crippen molar-refractivity contribution in [2.24, 2.45) is 5.92 Å². The summed E-state index contributed by atoms with van der Waals surface area (Å²) in [5, 5.41) is 5.10. The lowest BCUT2D eigenvalue weighted by molar-refractivity contribution is -0.151. The Morgan fingerprint density at radius 1 is 1.04 bits per heavy atom. The monoisotopic (exact) mass is 348 g/mol. The molecule has 0 aliphatic carbocycles. The number of ether oxygens (including phenoxy) is 1. The molecule has 0 radical (unpaired) electrons. The maximum Gasteiger partial charge on any atom is 0.314 e. The molecule has 0 saturated carbocycles. The molecule has 0 spiro atoms. The lowest BCUT2D eigenvalue weighted by Crippen LogP contribution is -2.41. The van der Waals surface area contributed by atoms with E-state index in [4.69, 9.17) is 4.74 Å². The number of carbonyl (C=O) groups excluding carboxylic acids is 3. The molecule has 0 heterocycles. The number of carbonyl (C=O) groups is 3. The second-order valence-electron chi connectivity index (χ2n) is 6.38. The first-order valence-electron chi connectivity index (χ1n) is 8.62. The number of nitrogens with one attached hydrogen (secondary N) is 2. The molecule has 1 rings (SSSR count). The topological polar surface area (TPSA) is 84.5 Å². The van der Waals surface area contributed by atoms with E-state index < -0.39 is 24.4 Å². The van der Waals surface area contributed by atoms with Crippen molar-refractivity contribution in [3.05, 3.63) is 35.9 Å². The number of amides is 2. The van der Waals surface area contributed by atoms with Gasteiger partial charge in [-0.15, -0.1) is 0 Å². The Morgan fingerprint density at radius 3 is 2.24 bits per heavy atom. The molecule has 0 saturated heterocycles. The second-order valence-corrected chi connectivity index (χ2v) is 6.38. The maximum absolute atomic E-state index is 12.5. The number of hydrogen-bond acceptors (Lipinski definition) is 4. The van der Waals surface area contributed by atoms with Crippen LogP contribution in [-0.2, 0) is 19.1 Å². The Labute approximate surface area is 149 Å². The number of hydrogen-bond donors (Lipinski definition) is 2. The van der Waals surface area contributed by atoms with Gasteiger partial charge in [-0.25, -0.2) is 0 Å². The van der Waals surface area contributed by atoms with Gasteiger partial charge in [-0.05, 0) is 25.3 Å². The van der Waals surface area contributed by atoms with Crippen LogP contribution in [0.3, 0.4) is 0 Å². The zero-order valence-electron chi connectivity index (χ0n) is 15.4. The lowest BCUT2D eigenvalue weighted by atomic mass is 9.86. The van der Waals surface area contributed by atoms with Gasteiger partial charge in [-0.3, -0.25) is 14.4 Å². The van der Waals surface area contributed by atoms with E-state index in [1.54, 1.807) is 0 Å². The third-order valence-corrected chi connectivity index (χ3v) is 3.87. The normalized spacial score (nSPS) is 13.0. The van der Waals surface area contributed by atoms with Crippen LogP contribution in [-0.4, -0.2) is 37.0 Å². The molecule has 2 atom stereocenters. The van der Waals surface area contributed by atoms with Crippen molar-refractivity contribution in [3.63, 3.8) is 0 Å². The predicted molar refractivity (Wildman–Crippen MR) is 95.9 cm³/mol. The maximum atomic E-state index is 12.5. The van der Waals surface area contributed by atoms with Crippen LogP contribution < -0.4 is 10.6 Å². The summed E-state index contributed by atoms with van der Waals surface area (Å²) >= 11 is 0. The fraction of sp³-hybridized carbons (Fsp3) is 0.526. The van der Waals surface area contributed by atoms with Crippen LogP contribution in [0.4, 0.5) is 0 Å². The largest absolute Gasteiger partial charge is 0.455 e. The Morgan fingerprint density at radius 2 is 1.68 bits per heavy atom. The molecule has 0 unspecified atom stereocenters. The van der Waals surface area contributed by atoms with Crippen LogP contribution in [0.2, 0.25) is 0 Å². The summed E-state index contributed by atoms with van der Waals surface area (Å²) < 4.78 is 5.17. The molecule has 0 aliphatic rings. The first-order chi connectivity index (χ1) is 11.8. The van der Waals surface area contributed by atoms with Gasteiger partial charge in [0, 0.05) is 6.04 Å². The molecule has 25 heavy (non-hydrogen) atoms. The molecule has 1 aromatic rings. The van der Waals surface area contributed by atoms with E-state index in [-0.39, 0.29) is 24.4 Å². The highest BCUT2D eigenvalue weighted by Crippen LogP contribution is 2.28. The molecule has 0 bridgehead atoms. The van der Waals surface area contributed by atoms with Gasteiger partial charge in [0.2, 0.25) is 5.91 Å². The molecule has 0 aromatic heterocycles. The van der Waals surface area contributed by atoms with Crippen molar-refractivity contribution >= 4 is 17.8 Å². The number of benzene rings is 1. The van der Waals surface area contributed by atoms with E-state index >= 15 is 0 Å². The highest BCUT2D eigenvalue weighted by atomic mass is 16.5. The van der Waals surface area contributed by atoms with E-state index in [1.807, 2.05) is 58.0 Å². The standard InChI is InChI=1S/C19H28N2O4/c1-5-14(4)18(15-9-7-6-8-10-15)19(24)25-12-17(23)20-11-16(22)21-13(2)3/h6-10,13-14,18H,5,11-12H2,1-4H3,(H,20,23)(H,21,22)/t14-,18+/m1/s1. The van der Waals surface area contributed by atoms with Crippen LogP contribution in [0, 0.1) is 5.92 Å². The van der Waals surface area contributed by atoms with Crippen LogP contribution in [0.15, 0.2) is 30.3 Å². The third kappa shape index (κ3) is 7.37. The van der Waals surface area contributed by atoms with Gasteiger partial charge < -0.3 is 15.4 Å². The molecule has 6 heteroatoms. The Bertz CT molecular complexity index is 572. The molecule has 2 amide bonds. The van der Waals surface area contributed by atoms with Gasteiger partial charge in [0.15, 0.2) is 6.61 Å². The van der Waals surface area contributed by atoms with Crippen molar-refractivity contribution in [3.8, 4) is 0 Å². The van der Waals surface area contributed by atoms with Gasteiger partial charge in [0.25, 0.3) is 5.91 Å². The van der Waals surface area contributed by atoms with Crippen molar-refractivity contribution in [2.75, 3.05) is 13.2 Å². The first-order valence-corrected chi connectivity index (χ1v) is 8.62. The average Bonchev–Trinajstić information content (AvgIpc) is 2.58. The van der Waals surface area contributed by atoms with E-state index in [9.17, 15) is 14.4 Å². The molecular weight excluding hydrogens is 320 g/mol. The number of rotatable bonds is 9. The van der Waals surface area contributed by atoms with Crippen molar-refractivity contribution in [1.29, 1.82) is 0 Å². The molecule has 2 N–H and O–H groups in total. The van der Waals surface area contributed by atoms with Gasteiger partial charge in [-0.2, -0.15) is 0 Å². The molecule has 6 nitrogen and oxygen atoms in total. The van der Waals surface area contributed by atoms with Gasteiger partial charge in [-0.1, -0.05) is 50.6 Å². The number of esters is 1. The molecule has 0 aliphatic heterocycles. The zero-order chi connectivity index (χ0) is 18.8. The van der Waals surface area contributed by atoms with Gasteiger partial charge in [0.1, 0.15) is 0 Å². The van der Waals surface area contributed by atoms with Gasteiger partial charge in [0.05, 0.1) is 12.5 Å². The minimum absolute atomic E-state index is 0.00407. The molecular formula is C19H28N2O4. The van der Waals surface area contributed by atoms with Crippen LogP contribution in [0.1, 0.15) is 45.6 Å². The zero-order valence-corrected chi connectivity index (χ0v) is 15.4. The average molecular weight is 348 g/mol. The molecule has 0 fully saturated rings. The predicted octanol–water partition coefficient (Wildman–Crippen LogP) is 2.00. The molecule has 138 valence electrons.